The van der Waals surface area contributed by atoms with Gasteiger partial charge in [0.2, 0.25) is 0 Å². The standard InChI is InChI=1S/C14H13BrN2O2/c1-17(9-10-4-2-3-5-13(10)15)14(19)11-6-12(18)8-16-7-11/h2-8,18H,9H2,1H3. The molecule has 0 atom stereocenters. The molecule has 1 amide bonds. The van der Waals surface area contributed by atoms with Crippen molar-refractivity contribution in [2.75, 3.05) is 7.05 Å². The highest BCUT2D eigenvalue weighted by Crippen LogP contribution is 2.18. The first-order valence-corrected chi connectivity index (χ1v) is 6.50. The number of amides is 1. The third-order valence-electron chi connectivity index (χ3n) is 2.68. The summed E-state index contributed by atoms with van der Waals surface area (Å²) in [6.07, 6.45) is 2.74. The largest absolute Gasteiger partial charge is 0.506 e. The lowest BCUT2D eigenvalue weighted by atomic mass is 10.2. The van der Waals surface area contributed by atoms with Crippen LogP contribution in [0.1, 0.15) is 15.9 Å². The van der Waals surface area contributed by atoms with Gasteiger partial charge in [0.25, 0.3) is 5.91 Å². The SMILES string of the molecule is CN(Cc1ccccc1Br)C(=O)c1cncc(O)c1. The zero-order valence-electron chi connectivity index (χ0n) is 10.4. The monoisotopic (exact) mass is 320 g/mol. The minimum absolute atomic E-state index is 0.0138. The number of hydrogen-bond acceptors (Lipinski definition) is 3. The van der Waals surface area contributed by atoms with E-state index in [0.29, 0.717) is 12.1 Å². The van der Waals surface area contributed by atoms with Crippen LogP contribution in [0.5, 0.6) is 5.75 Å². The van der Waals surface area contributed by atoms with E-state index in [9.17, 15) is 9.90 Å². The molecular formula is C14H13BrN2O2. The molecule has 19 heavy (non-hydrogen) atoms. The lowest BCUT2D eigenvalue weighted by Crippen LogP contribution is -2.26. The van der Waals surface area contributed by atoms with Crippen LogP contribution in [0, 0.1) is 0 Å². The average Bonchev–Trinajstić information content (AvgIpc) is 2.40. The fourth-order valence-corrected chi connectivity index (χ4v) is 2.13. The van der Waals surface area contributed by atoms with E-state index in [1.54, 1.807) is 11.9 Å². The molecule has 0 radical (unpaired) electrons. The molecule has 0 unspecified atom stereocenters. The van der Waals surface area contributed by atoms with E-state index >= 15 is 0 Å². The maximum Gasteiger partial charge on any atom is 0.255 e. The average molecular weight is 321 g/mol. The summed E-state index contributed by atoms with van der Waals surface area (Å²) in [6, 6.07) is 9.15. The van der Waals surface area contributed by atoms with Gasteiger partial charge in [-0.25, -0.2) is 0 Å². The van der Waals surface area contributed by atoms with Gasteiger partial charge in [0.15, 0.2) is 0 Å². The molecule has 4 nitrogen and oxygen atoms in total. The number of carbonyl (C=O) groups excluding carboxylic acids is 1. The first-order chi connectivity index (χ1) is 9.08. The summed E-state index contributed by atoms with van der Waals surface area (Å²) in [5.41, 5.74) is 1.39. The number of pyridine rings is 1. The first-order valence-electron chi connectivity index (χ1n) is 5.71. The van der Waals surface area contributed by atoms with Crippen molar-refractivity contribution in [3.63, 3.8) is 0 Å². The number of hydrogen-bond donors (Lipinski definition) is 1. The van der Waals surface area contributed by atoms with E-state index in [2.05, 4.69) is 20.9 Å². The Kier molecular flexibility index (Phi) is 4.16. The minimum Gasteiger partial charge on any atom is -0.506 e. The molecule has 0 aliphatic rings. The fourth-order valence-electron chi connectivity index (χ4n) is 1.72. The lowest BCUT2D eigenvalue weighted by Gasteiger charge is -2.18. The van der Waals surface area contributed by atoms with Crippen molar-refractivity contribution in [2.45, 2.75) is 6.54 Å². The number of aromatic hydroxyl groups is 1. The fraction of sp³-hybridized carbons (Fsp3) is 0.143. The summed E-state index contributed by atoms with van der Waals surface area (Å²) >= 11 is 3.45. The number of aromatic nitrogens is 1. The molecule has 0 fully saturated rings. The van der Waals surface area contributed by atoms with Crippen molar-refractivity contribution in [1.29, 1.82) is 0 Å². The summed E-state index contributed by atoms with van der Waals surface area (Å²) in [5.74, 6) is -0.195. The molecule has 5 heteroatoms. The second-order valence-electron chi connectivity index (χ2n) is 4.18. The van der Waals surface area contributed by atoms with Crippen molar-refractivity contribution in [2.24, 2.45) is 0 Å². The molecule has 0 saturated heterocycles. The highest BCUT2D eigenvalue weighted by atomic mass is 79.9. The van der Waals surface area contributed by atoms with E-state index in [4.69, 9.17) is 0 Å². The van der Waals surface area contributed by atoms with Crippen molar-refractivity contribution in [1.82, 2.24) is 9.88 Å². The summed E-state index contributed by atoms with van der Waals surface area (Å²) in [4.78, 5) is 17.6. The van der Waals surface area contributed by atoms with E-state index in [0.717, 1.165) is 10.0 Å². The van der Waals surface area contributed by atoms with Crippen LogP contribution >= 0.6 is 15.9 Å². The van der Waals surface area contributed by atoms with E-state index < -0.39 is 0 Å². The van der Waals surface area contributed by atoms with E-state index in [1.165, 1.54) is 18.5 Å². The summed E-state index contributed by atoms with van der Waals surface area (Å²) in [7, 11) is 1.71. The normalized spacial score (nSPS) is 10.2. The van der Waals surface area contributed by atoms with Gasteiger partial charge in [0.05, 0.1) is 11.8 Å². The smallest absolute Gasteiger partial charge is 0.255 e. The quantitative estimate of drug-likeness (QED) is 0.946. The van der Waals surface area contributed by atoms with Gasteiger partial charge in [-0.1, -0.05) is 34.1 Å². The van der Waals surface area contributed by atoms with Gasteiger partial charge in [-0.3, -0.25) is 9.78 Å². The Morgan fingerprint density at radius 3 is 2.79 bits per heavy atom. The molecular weight excluding hydrogens is 308 g/mol. The molecule has 0 spiro atoms. The van der Waals surface area contributed by atoms with Crippen LogP contribution in [-0.2, 0) is 6.54 Å². The third-order valence-corrected chi connectivity index (χ3v) is 3.46. The molecule has 2 rings (SSSR count). The van der Waals surface area contributed by atoms with Gasteiger partial charge in [-0.15, -0.1) is 0 Å². The predicted molar refractivity (Wildman–Crippen MR) is 75.8 cm³/mol. The van der Waals surface area contributed by atoms with Gasteiger partial charge in [0.1, 0.15) is 5.75 Å². The molecule has 0 aliphatic heterocycles. The topological polar surface area (TPSA) is 53.4 Å². The molecule has 2 aromatic rings. The highest BCUT2D eigenvalue weighted by molar-refractivity contribution is 9.10. The van der Waals surface area contributed by atoms with E-state index in [1.807, 2.05) is 24.3 Å². The number of rotatable bonds is 3. The Labute approximate surface area is 119 Å². The maximum atomic E-state index is 12.2. The molecule has 1 heterocycles. The Balaban J connectivity index is 2.14. The van der Waals surface area contributed by atoms with Crippen LogP contribution in [0.4, 0.5) is 0 Å². The van der Waals surface area contributed by atoms with Crippen LogP contribution in [0.3, 0.4) is 0 Å². The molecule has 0 bridgehead atoms. The third kappa shape index (κ3) is 3.32. The Morgan fingerprint density at radius 2 is 2.11 bits per heavy atom. The van der Waals surface area contributed by atoms with Crippen LogP contribution in [0.15, 0.2) is 47.2 Å². The van der Waals surface area contributed by atoms with Crippen LogP contribution < -0.4 is 0 Å². The Bertz CT molecular complexity index is 602. The van der Waals surface area contributed by atoms with Crippen molar-refractivity contribution >= 4 is 21.8 Å². The van der Waals surface area contributed by atoms with Gasteiger partial charge < -0.3 is 10.0 Å². The maximum absolute atomic E-state index is 12.2. The predicted octanol–water partition coefficient (Wildman–Crippen LogP) is 2.82. The Hall–Kier alpha value is -1.88. The van der Waals surface area contributed by atoms with Gasteiger partial charge in [0, 0.05) is 24.3 Å². The second kappa shape index (κ2) is 5.84. The molecule has 98 valence electrons. The molecule has 1 aromatic heterocycles. The van der Waals surface area contributed by atoms with E-state index in [-0.39, 0.29) is 11.7 Å². The minimum atomic E-state index is -0.181. The molecule has 1 N–H and O–H groups in total. The van der Waals surface area contributed by atoms with Crippen LogP contribution in [0.2, 0.25) is 0 Å². The first kappa shape index (κ1) is 13.5. The van der Waals surface area contributed by atoms with Gasteiger partial charge >= 0.3 is 0 Å². The van der Waals surface area contributed by atoms with Crippen LogP contribution in [-0.4, -0.2) is 27.9 Å². The summed E-state index contributed by atoms with van der Waals surface area (Å²) < 4.78 is 0.962. The number of nitrogens with zero attached hydrogens (tertiary/aromatic N) is 2. The van der Waals surface area contributed by atoms with Gasteiger partial charge in [-0.2, -0.15) is 0 Å². The summed E-state index contributed by atoms with van der Waals surface area (Å²) in [6.45, 7) is 0.482. The summed E-state index contributed by atoms with van der Waals surface area (Å²) in [5, 5.41) is 9.34. The number of benzene rings is 1. The number of halogens is 1. The van der Waals surface area contributed by atoms with Gasteiger partial charge in [-0.05, 0) is 17.7 Å². The Morgan fingerprint density at radius 1 is 1.37 bits per heavy atom. The molecule has 0 aliphatic carbocycles. The molecule has 0 saturated carbocycles. The number of carbonyl (C=O) groups is 1. The van der Waals surface area contributed by atoms with Crippen molar-refractivity contribution in [3.8, 4) is 5.75 Å². The van der Waals surface area contributed by atoms with Crippen LogP contribution in [0.25, 0.3) is 0 Å². The zero-order chi connectivity index (χ0) is 13.8. The lowest BCUT2D eigenvalue weighted by molar-refractivity contribution is 0.0784. The second-order valence-corrected chi connectivity index (χ2v) is 5.04. The molecule has 1 aromatic carbocycles. The van der Waals surface area contributed by atoms with Crippen molar-refractivity contribution < 1.29 is 9.90 Å². The highest BCUT2D eigenvalue weighted by Gasteiger charge is 2.13. The zero-order valence-corrected chi connectivity index (χ0v) is 12.0. The van der Waals surface area contributed by atoms with Crippen molar-refractivity contribution in [3.05, 3.63) is 58.3 Å².